The molecule has 3 aromatic rings. The summed E-state index contributed by atoms with van der Waals surface area (Å²) < 4.78 is 5.56. The van der Waals surface area contributed by atoms with E-state index in [0.717, 1.165) is 23.7 Å². The van der Waals surface area contributed by atoms with Gasteiger partial charge in [0.2, 0.25) is 6.10 Å². The van der Waals surface area contributed by atoms with Gasteiger partial charge in [-0.25, -0.2) is 4.79 Å². The van der Waals surface area contributed by atoms with Crippen molar-refractivity contribution in [1.82, 2.24) is 10.3 Å². The topological polar surface area (TPSA) is 71.2 Å². The predicted octanol–water partition coefficient (Wildman–Crippen LogP) is 3.34. The molecule has 126 valence electrons. The van der Waals surface area contributed by atoms with Crippen molar-refractivity contribution in [3.8, 4) is 0 Å². The fourth-order valence-electron chi connectivity index (χ4n) is 2.76. The summed E-state index contributed by atoms with van der Waals surface area (Å²) in [5, 5.41) is 3.83. The Morgan fingerprint density at radius 1 is 1.04 bits per heavy atom. The summed E-state index contributed by atoms with van der Waals surface area (Å²) in [6.07, 6.45) is 0.993. The van der Waals surface area contributed by atoms with E-state index in [4.69, 9.17) is 4.74 Å². The van der Waals surface area contributed by atoms with Crippen LogP contribution >= 0.6 is 0 Å². The fourth-order valence-corrected chi connectivity index (χ4v) is 2.76. The van der Waals surface area contributed by atoms with Crippen molar-refractivity contribution in [2.75, 3.05) is 0 Å². The highest BCUT2D eigenvalue weighted by atomic mass is 16.5. The number of para-hydroxylation sites is 1. The number of aromatic amines is 1. The smallest absolute Gasteiger partial charge is 0.355 e. The van der Waals surface area contributed by atoms with Crippen molar-refractivity contribution in [3.63, 3.8) is 0 Å². The standard InChI is InChI=1S/C20H18N2O3/c23-19(21-15-10-11-15)18(13-6-2-1-3-7-13)25-20(24)17-12-14-8-4-5-9-16(14)22-17/h1-9,12,15,18,22H,10-11H2,(H,21,23). The lowest BCUT2D eigenvalue weighted by atomic mass is 10.1. The first kappa shape index (κ1) is 15.4. The number of nitrogens with one attached hydrogen (secondary N) is 2. The molecule has 1 fully saturated rings. The Morgan fingerprint density at radius 3 is 2.48 bits per heavy atom. The van der Waals surface area contributed by atoms with E-state index in [-0.39, 0.29) is 11.9 Å². The summed E-state index contributed by atoms with van der Waals surface area (Å²) in [4.78, 5) is 28.1. The molecule has 0 bridgehead atoms. The molecule has 1 aliphatic rings. The molecule has 2 N–H and O–H groups in total. The fraction of sp³-hybridized carbons (Fsp3) is 0.200. The number of aromatic nitrogens is 1. The summed E-state index contributed by atoms with van der Waals surface area (Å²) in [5.41, 5.74) is 1.85. The van der Waals surface area contributed by atoms with Crippen LogP contribution in [0.2, 0.25) is 0 Å². The average Bonchev–Trinajstić information content (AvgIpc) is 3.34. The van der Waals surface area contributed by atoms with Crippen LogP contribution in [-0.4, -0.2) is 22.9 Å². The molecular formula is C20H18N2O3. The van der Waals surface area contributed by atoms with Gasteiger partial charge in [0.15, 0.2) is 0 Å². The van der Waals surface area contributed by atoms with E-state index >= 15 is 0 Å². The molecule has 5 heteroatoms. The maximum Gasteiger partial charge on any atom is 0.355 e. The molecule has 0 spiro atoms. The zero-order valence-corrected chi connectivity index (χ0v) is 13.6. The molecular weight excluding hydrogens is 316 g/mol. The van der Waals surface area contributed by atoms with Gasteiger partial charge in [-0.05, 0) is 25.0 Å². The second-order valence-electron chi connectivity index (χ2n) is 6.25. The minimum atomic E-state index is -0.958. The van der Waals surface area contributed by atoms with Gasteiger partial charge < -0.3 is 15.0 Å². The molecule has 0 aliphatic heterocycles. The summed E-state index contributed by atoms with van der Waals surface area (Å²) in [6.45, 7) is 0. The van der Waals surface area contributed by atoms with E-state index in [1.807, 2.05) is 42.5 Å². The number of benzene rings is 2. The van der Waals surface area contributed by atoms with Gasteiger partial charge in [-0.15, -0.1) is 0 Å². The Hall–Kier alpha value is -3.08. The van der Waals surface area contributed by atoms with Crippen LogP contribution in [0.1, 0.15) is 35.0 Å². The van der Waals surface area contributed by atoms with Crippen LogP contribution in [0, 0.1) is 0 Å². The number of hydrogen-bond acceptors (Lipinski definition) is 3. The van der Waals surface area contributed by atoms with Crippen LogP contribution in [-0.2, 0) is 9.53 Å². The minimum absolute atomic E-state index is 0.200. The SMILES string of the molecule is O=C(OC(C(=O)NC1CC1)c1ccccc1)c1cc2ccccc2[nH]1. The van der Waals surface area contributed by atoms with Gasteiger partial charge in [0, 0.05) is 22.5 Å². The number of hydrogen-bond donors (Lipinski definition) is 2. The number of carbonyl (C=O) groups is 2. The summed E-state index contributed by atoms with van der Waals surface area (Å²) in [7, 11) is 0. The van der Waals surface area contributed by atoms with Crippen molar-refractivity contribution >= 4 is 22.8 Å². The van der Waals surface area contributed by atoms with Crippen molar-refractivity contribution in [2.24, 2.45) is 0 Å². The molecule has 1 heterocycles. The third-order valence-corrected chi connectivity index (χ3v) is 4.24. The van der Waals surface area contributed by atoms with Crippen LogP contribution < -0.4 is 5.32 Å². The van der Waals surface area contributed by atoms with E-state index in [1.54, 1.807) is 18.2 Å². The molecule has 1 saturated carbocycles. The zero-order valence-electron chi connectivity index (χ0n) is 13.6. The van der Waals surface area contributed by atoms with Gasteiger partial charge in [0.25, 0.3) is 5.91 Å². The first-order valence-electron chi connectivity index (χ1n) is 8.35. The molecule has 4 rings (SSSR count). The molecule has 5 nitrogen and oxygen atoms in total. The van der Waals surface area contributed by atoms with E-state index in [9.17, 15) is 9.59 Å². The summed E-state index contributed by atoms with van der Waals surface area (Å²) >= 11 is 0. The number of rotatable bonds is 5. The van der Waals surface area contributed by atoms with Gasteiger partial charge in [-0.1, -0.05) is 48.5 Å². The molecule has 25 heavy (non-hydrogen) atoms. The largest absolute Gasteiger partial charge is 0.443 e. The van der Waals surface area contributed by atoms with Crippen LogP contribution in [0.4, 0.5) is 0 Å². The predicted molar refractivity (Wildman–Crippen MR) is 94.1 cm³/mol. The molecule has 2 aromatic carbocycles. The lowest BCUT2D eigenvalue weighted by Gasteiger charge is -2.17. The third-order valence-electron chi connectivity index (χ3n) is 4.24. The van der Waals surface area contributed by atoms with Crippen LogP contribution in [0.3, 0.4) is 0 Å². The molecule has 0 saturated heterocycles. The highest BCUT2D eigenvalue weighted by Crippen LogP contribution is 2.24. The molecule has 1 unspecified atom stereocenters. The van der Waals surface area contributed by atoms with Gasteiger partial charge >= 0.3 is 5.97 Å². The Bertz CT molecular complexity index is 880. The van der Waals surface area contributed by atoms with Crippen LogP contribution in [0.5, 0.6) is 0 Å². The Morgan fingerprint density at radius 2 is 1.76 bits per heavy atom. The molecule has 1 aromatic heterocycles. The van der Waals surface area contributed by atoms with Crippen molar-refractivity contribution < 1.29 is 14.3 Å². The number of esters is 1. The highest BCUT2D eigenvalue weighted by Gasteiger charge is 2.31. The molecule has 1 atom stereocenters. The van der Waals surface area contributed by atoms with Crippen molar-refractivity contribution in [3.05, 3.63) is 71.9 Å². The Labute approximate surface area is 145 Å². The van der Waals surface area contributed by atoms with Gasteiger partial charge in [0.05, 0.1) is 0 Å². The molecule has 0 radical (unpaired) electrons. The van der Waals surface area contributed by atoms with Crippen LogP contribution in [0.25, 0.3) is 10.9 Å². The average molecular weight is 334 g/mol. The van der Waals surface area contributed by atoms with Crippen LogP contribution in [0.15, 0.2) is 60.7 Å². The van der Waals surface area contributed by atoms with Crippen molar-refractivity contribution in [2.45, 2.75) is 25.0 Å². The minimum Gasteiger partial charge on any atom is -0.443 e. The van der Waals surface area contributed by atoms with Gasteiger partial charge in [-0.2, -0.15) is 0 Å². The second kappa shape index (κ2) is 6.43. The Balaban J connectivity index is 1.58. The second-order valence-corrected chi connectivity index (χ2v) is 6.25. The number of carbonyl (C=O) groups excluding carboxylic acids is 2. The molecule has 1 aliphatic carbocycles. The lowest BCUT2D eigenvalue weighted by molar-refractivity contribution is -0.130. The summed E-state index contributed by atoms with van der Waals surface area (Å²) in [5.74, 6) is -0.825. The number of H-pyrrole nitrogens is 1. The maximum absolute atomic E-state index is 12.6. The number of amides is 1. The highest BCUT2D eigenvalue weighted by molar-refractivity contribution is 5.96. The summed E-state index contributed by atoms with van der Waals surface area (Å²) in [6, 6.07) is 18.6. The lowest BCUT2D eigenvalue weighted by Crippen LogP contribution is -2.33. The van der Waals surface area contributed by atoms with E-state index in [2.05, 4.69) is 10.3 Å². The van der Waals surface area contributed by atoms with Gasteiger partial charge in [0.1, 0.15) is 5.69 Å². The van der Waals surface area contributed by atoms with Crippen molar-refractivity contribution in [1.29, 1.82) is 0 Å². The zero-order chi connectivity index (χ0) is 17.2. The van der Waals surface area contributed by atoms with Gasteiger partial charge in [-0.3, -0.25) is 4.79 Å². The molecule has 1 amide bonds. The van der Waals surface area contributed by atoms with E-state index < -0.39 is 12.1 Å². The number of fused-ring (bicyclic) bond motifs is 1. The Kier molecular flexibility index (Phi) is 3.98. The quantitative estimate of drug-likeness (QED) is 0.703. The third kappa shape index (κ3) is 3.40. The van der Waals surface area contributed by atoms with E-state index in [0.29, 0.717) is 11.3 Å². The number of ether oxygens (including phenoxy) is 1. The monoisotopic (exact) mass is 334 g/mol. The maximum atomic E-state index is 12.6. The first-order valence-corrected chi connectivity index (χ1v) is 8.35. The van der Waals surface area contributed by atoms with E-state index in [1.165, 1.54) is 0 Å². The first-order chi connectivity index (χ1) is 12.2. The normalized spacial score (nSPS) is 14.9.